The minimum absolute atomic E-state index is 0.299. The van der Waals surface area contributed by atoms with E-state index in [0.29, 0.717) is 28.1 Å². The van der Waals surface area contributed by atoms with Crippen molar-refractivity contribution in [2.75, 3.05) is 5.73 Å². The molecule has 3 rings (SSSR count). The lowest BCUT2D eigenvalue weighted by molar-refractivity contribution is 0.628. The van der Waals surface area contributed by atoms with Crippen LogP contribution in [0.1, 0.15) is 37.3 Å². The second-order valence-electron chi connectivity index (χ2n) is 5.24. The van der Waals surface area contributed by atoms with Crippen LogP contribution >= 0.6 is 34.2 Å². The minimum atomic E-state index is -0.377. The molecule has 0 radical (unpaired) electrons. The summed E-state index contributed by atoms with van der Waals surface area (Å²) in [4.78, 5) is 8.99. The molecule has 6 heteroatoms. The molecule has 0 spiro atoms. The van der Waals surface area contributed by atoms with E-state index in [1.165, 1.54) is 25.0 Å². The summed E-state index contributed by atoms with van der Waals surface area (Å²) >= 11 is 8.31. The Morgan fingerprint density at radius 1 is 1.24 bits per heavy atom. The van der Waals surface area contributed by atoms with Gasteiger partial charge in [0.15, 0.2) is 5.82 Å². The molecule has 1 aromatic carbocycles. The van der Waals surface area contributed by atoms with Crippen molar-refractivity contribution in [3.05, 3.63) is 38.3 Å². The second-order valence-corrected chi connectivity index (χ2v) is 6.72. The zero-order valence-electron chi connectivity index (χ0n) is 11.2. The normalized spacial score (nSPS) is 15.6. The average molecular weight is 418 g/mol. The fourth-order valence-corrected chi connectivity index (χ4v) is 3.68. The van der Waals surface area contributed by atoms with Crippen molar-refractivity contribution in [3.8, 4) is 11.4 Å². The maximum atomic E-state index is 13.2. The molecule has 0 saturated heterocycles. The van der Waals surface area contributed by atoms with Crippen LogP contribution in [0.25, 0.3) is 11.4 Å². The SMILES string of the molecule is Nc1nc(-c2ccc(F)cc2Cl)nc(C2CCCC2)c1I. The predicted octanol–water partition coefficient (Wildman–Crippen LogP) is 4.78. The summed E-state index contributed by atoms with van der Waals surface area (Å²) in [7, 11) is 0. The third kappa shape index (κ3) is 2.99. The largest absolute Gasteiger partial charge is 0.383 e. The highest BCUT2D eigenvalue weighted by Crippen LogP contribution is 2.38. The molecule has 21 heavy (non-hydrogen) atoms. The Morgan fingerprint density at radius 2 is 1.95 bits per heavy atom. The number of hydrogen-bond donors (Lipinski definition) is 1. The number of nitrogens with zero attached hydrogens (tertiary/aromatic N) is 2. The molecule has 0 atom stereocenters. The number of nitrogens with two attached hydrogens (primary N) is 1. The number of benzene rings is 1. The Bertz CT molecular complexity index is 687. The van der Waals surface area contributed by atoms with E-state index in [4.69, 9.17) is 17.3 Å². The molecule has 1 saturated carbocycles. The van der Waals surface area contributed by atoms with Gasteiger partial charge < -0.3 is 5.73 Å². The number of rotatable bonds is 2. The monoisotopic (exact) mass is 417 g/mol. The van der Waals surface area contributed by atoms with E-state index in [0.717, 1.165) is 22.1 Å². The molecule has 1 aliphatic carbocycles. The highest BCUT2D eigenvalue weighted by atomic mass is 127. The Balaban J connectivity index is 2.10. The van der Waals surface area contributed by atoms with Crippen LogP contribution in [-0.2, 0) is 0 Å². The fourth-order valence-electron chi connectivity index (χ4n) is 2.74. The summed E-state index contributed by atoms with van der Waals surface area (Å²) in [5.74, 6) is 0.987. The molecule has 0 bridgehead atoms. The van der Waals surface area contributed by atoms with Gasteiger partial charge in [0.05, 0.1) is 14.3 Å². The Kier molecular flexibility index (Phi) is 4.31. The highest BCUT2D eigenvalue weighted by Gasteiger charge is 2.24. The molecule has 1 fully saturated rings. The van der Waals surface area contributed by atoms with E-state index in [-0.39, 0.29) is 5.82 Å². The third-order valence-corrected chi connectivity index (χ3v) is 5.23. The third-order valence-electron chi connectivity index (χ3n) is 3.82. The van der Waals surface area contributed by atoms with Gasteiger partial charge in [0.2, 0.25) is 0 Å². The van der Waals surface area contributed by atoms with E-state index < -0.39 is 0 Å². The van der Waals surface area contributed by atoms with Crippen LogP contribution in [0.2, 0.25) is 5.02 Å². The van der Waals surface area contributed by atoms with Crippen molar-refractivity contribution in [2.45, 2.75) is 31.6 Å². The smallest absolute Gasteiger partial charge is 0.163 e. The predicted molar refractivity (Wildman–Crippen MR) is 90.8 cm³/mol. The van der Waals surface area contributed by atoms with Crippen molar-refractivity contribution in [1.82, 2.24) is 9.97 Å². The molecule has 0 aliphatic heterocycles. The van der Waals surface area contributed by atoms with E-state index in [9.17, 15) is 4.39 Å². The van der Waals surface area contributed by atoms with Crippen LogP contribution in [0.5, 0.6) is 0 Å². The molecule has 2 aromatic rings. The standard InChI is InChI=1S/C15H14ClFIN3/c16-11-7-9(17)5-6-10(11)15-20-13(8-3-1-2-4-8)12(18)14(19)21-15/h5-8H,1-4H2,(H2,19,20,21). The number of anilines is 1. The number of nitrogen functional groups attached to an aromatic ring is 1. The molecule has 1 heterocycles. The minimum Gasteiger partial charge on any atom is -0.383 e. The topological polar surface area (TPSA) is 51.8 Å². The van der Waals surface area contributed by atoms with Crippen molar-refractivity contribution in [1.29, 1.82) is 0 Å². The molecule has 0 unspecified atom stereocenters. The molecule has 1 aromatic heterocycles. The summed E-state index contributed by atoms with van der Waals surface area (Å²) < 4.78 is 14.1. The Morgan fingerprint density at radius 3 is 2.62 bits per heavy atom. The first-order chi connectivity index (χ1) is 10.1. The van der Waals surface area contributed by atoms with Gasteiger partial charge in [-0.05, 0) is 53.6 Å². The van der Waals surface area contributed by atoms with Crippen molar-refractivity contribution in [2.24, 2.45) is 0 Å². The molecular formula is C15H14ClFIN3. The van der Waals surface area contributed by atoms with Crippen LogP contribution in [0.3, 0.4) is 0 Å². The van der Waals surface area contributed by atoms with E-state index in [1.807, 2.05) is 0 Å². The van der Waals surface area contributed by atoms with Gasteiger partial charge in [-0.3, -0.25) is 0 Å². The number of hydrogen-bond acceptors (Lipinski definition) is 3. The number of aromatic nitrogens is 2. The highest BCUT2D eigenvalue weighted by molar-refractivity contribution is 14.1. The summed E-state index contributed by atoms with van der Waals surface area (Å²) in [6.07, 6.45) is 4.70. The quantitative estimate of drug-likeness (QED) is 0.716. The maximum Gasteiger partial charge on any atom is 0.163 e. The molecule has 0 amide bonds. The molecule has 3 nitrogen and oxygen atoms in total. The van der Waals surface area contributed by atoms with Crippen LogP contribution < -0.4 is 5.73 Å². The lowest BCUT2D eigenvalue weighted by Gasteiger charge is -2.14. The summed E-state index contributed by atoms with van der Waals surface area (Å²) in [5, 5.41) is 0.299. The van der Waals surface area contributed by atoms with Gasteiger partial charge in [-0.25, -0.2) is 14.4 Å². The molecular weight excluding hydrogens is 404 g/mol. The van der Waals surface area contributed by atoms with Crippen molar-refractivity contribution < 1.29 is 4.39 Å². The van der Waals surface area contributed by atoms with Crippen molar-refractivity contribution in [3.63, 3.8) is 0 Å². The zero-order chi connectivity index (χ0) is 15.0. The summed E-state index contributed by atoms with van der Waals surface area (Å²) in [5.41, 5.74) is 7.64. The lowest BCUT2D eigenvalue weighted by atomic mass is 10.0. The Labute approximate surface area is 141 Å². The first-order valence-electron chi connectivity index (χ1n) is 6.84. The zero-order valence-corrected chi connectivity index (χ0v) is 14.2. The van der Waals surface area contributed by atoms with E-state index in [2.05, 4.69) is 32.6 Å². The van der Waals surface area contributed by atoms with E-state index >= 15 is 0 Å². The second kappa shape index (κ2) is 6.04. The average Bonchev–Trinajstić information content (AvgIpc) is 2.96. The van der Waals surface area contributed by atoms with Crippen LogP contribution in [0.4, 0.5) is 10.2 Å². The van der Waals surface area contributed by atoms with Crippen molar-refractivity contribution >= 4 is 40.0 Å². The van der Waals surface area contributed by atoms with Crippen LogP contribution in [0.15, 0.2) is 18.2 Å². The summed E-state index contributed by atoms with van der Waals surface area (Å²) in [6.45, 7) is 0. The number of halogens is 3. The summed E-state index contributed by atoms with van der Waals surface area (Å²) in [6, 6.07) is 4.22. The van der Waals surface area contributed by atoms with Crippen LogP contribution in [0, 0.1) is 9.39 Å². The van der Waals surface area contributed by atoms with Gasteiger partial charge >= 0.3 is 0 Å². The van der Waals surface area contributed by atoms with Gasteiger partial charge in [0, 0.05) is 11.5 Å². The maximum absolute atomic E-state index is 13.2. The Hall–Kier alpha value is -0.950. The van der Waals surface area contributed by atoms with Gasteiger partial charge in [-0.15, -0.1) is 0 Å². The lowest BCUT2D eigenvalue weighted by Crippen LogP contribution is -2.08. The van der Waals surface area contributed by atoms with E-state index in [1.54, 1.807) is 6.07 Å². The fraction of sp³-hybridized carbons (Fsp3) is 0.333. The molecule has 2 N–H and O–H groups in total. The van der Waals surface area contributed by atoms with Gasteiger partial charge in [0.25, 0.3) is 0 Å². The van der Waals surface area contributed by atoms with Gasteiger partial charge in [-0.2, -0.15) is 0 Å². The first-order valence-corrected chi connectivity index (χ1v) is 8.30. The first kappa shape index (κ1) is 15.0. The van der Waals surface area contributed by atoms with Gasteiger partial charge in [-0.1, -0.05) is 24.4 Å². The van der Waals surface area contributed by atoms with Crippen LogP contribution in [-0.4, -0.2) is 9.97 Å². The molecule has 110 valence electrons. The molecule has 1 aliphatic rings. The van der Waals surface area contributed by atoms with Gasteiger partial charge in [0.1, 0.15) is 11.6 Å².